The smallest absolute Gasteiger partial charge is 0.212 e. The lowest BCUT2D eigenvalue weighted by atomic mass is 10.2. The molecule has 3 aromatic rings. The van der Waals surface area contributed by atoms with Gasteiger partial charge in [0, 0.05) is 23.6 Å². The van der Waals surface area contributed by atoms with Gasteiger partial charge in [0.2, 0.25) is 10.0 Å². The Labute approximate surface area is 134 Å². The lowest BCUT2D eigenvalue weighted by molar-refractivity contribution is 0.578. The van der Waals surface area contributed by atoms with E-state index in [-0.39, 0.29) is 24.5 Å². The number of benzene rings is 2. The molecule has 0 aliphatic carbocycles. The Morgan fingerprint density at radius 1 is 1.00 bits per heavy atom. The summed E-state index contributed by atoms with van der Waals surface area (Å²) in [6, 6.07) is 13.9. The third-order valence-electron chi connectivity index (χ3n) is 3.76. The molecule has 0 atom stereocenters. The highest BCUT2D eigenvalue weighted by atomic mass is 32.2. The van der Waals surface area contributed by atoms with Crippen molar-refractivity contribution in [3.8, 4) is 0 Å². The molecule has 0 radical (unpaired) electrons. The molecule has 120 valence electrons. The van der Waals surface area contributed by atoms with Crippen molar-refractivity contribution in [2.24, 2.45) is 0 Å². The van der Waals surface area contributed by atoms with Crippen molar-refractivity contribution in [2.75, 3.05) is 5.75 Å². The van der Waals surface area contributed by atoms with Crippen LogP contribution in [0.3, 0.4) is 0 Å². The van der Waals surface area contributed by atoms with E-state index in [1.807, 2.05) is 24.3 Å². The van der Waals surface area contributed by atoms with Crippen LogP contribution in [0.15, 0.2) is 54.7 Å². The molecule has 0 saturated heterocycles. The van der Waals surface area contributed by atoms with Gasteiger partial charge in [0.05, 0.1) is 5.75 Å². The summed E-state index contributed by atoms with van der Waals surface area (Å²) in [5.74, 6) is -0.518. The third-order valence-corrected chi connectivity index (χ3v) is 5.08. The topological polar surface area (TPSA) is 62.0 Å². The van der Waals surface area contributed by atoms with Gasteiger partial charge >= 0.3 is 0 Å². The number of sulfonamides is 1. The Balaban J connectivity index is 1.64. The lowest BCUT2D eigenvalue weighted by Crippen LogP contribution is -2.27. The molecule has 0 spiro atoms. The highest BCUT2D eigenvalue weighted by molar-refractivity contribution is 7.89. The monoisotopic (exact) mass is 332 g/mol. The summed E-state index contributed by atoms with van der Waals surface area (Å²) in [6.07, 6.45) is 1.94. The average molecular weight is 332 g/mol. The van der Waals surface area contributed by atoms with E-state index >= 15 is 0 Å². The predicted octanol–water partition coefficient (Wildman–Crippen LogP) is 2.97. The first kappa shape index (κ1) is 15.7. The maximum absolute atomic E-state index is 13.5. The van der Waals surface area contributed by atoms with Crippen LogP contribution in [0, 0.1) is 5.82 Å². The minimum Gasteiger partial charge on any atom is -0.361 e. The first-order valence-electron chi connectivity index (χ1n) is 7.31. The van der Waals surface area contributed by atoms with Crippen molar-refractivity contribution in [2.45, 2.75) is 13.0 Å². The fourth-order valence-corrected chi connectivity index (χ4v) is 3.49. The molecule has 3 rings (SSSR count). The number of hydrogen-bond donors (Lipinski definition) is 2. The number of hydrogen-bond acceptors (Lipinski definition) is 2. The second-order valence-electron chi connectivity index (χ2n) is 5.34. The van der Waals surface area contributed by atoms with Crippen LogP contribution in [0.4, 0.5) is 4.39 Å². The number of para-hydroxylation sites is 1. The summed E-state index contributed by atoms with van der Waals surface area (Å²) in [4.78, 5) is 3.11. The fourth-order valence-electron chi connectivity index (χ4n) is 2.48. The molecule has 2 aromatic carbocycles. The average Bonchev–Trinajstić information content (AvgIpc) is 2.96. The quantitative estimate of drug-likeness (QED) is 0.729. The Kier molecular flexibility index (Phi) is 4.45. The van der Waals surface area contributed by atoms with Gasteiger partial charge in [-0.15, -0.1) is 0 Å². The van der Waals surface area contributed by atoms with Crippen molar-refractivity contribution in [1.29, 1.82) is 0 Å². The van der Waals surface area contributed by atoms with Gasteiger partial charge < -0.3 is 4.98 Å². The zero-order valence-electron chi connectivity index (χ0n) is 12.4. The molecule has 1 aromatic heterocycles. The van der Waals surface area contributed by atoms with Crippen molar-refractivity contribution in [3.05, 3.63) is 71.7 Å². The summed E-state index contributed by atoms with van der Waals surface area (Å²) in [7, 11) is -3.47. The maximum atomic E-state index is 13.5. The maximum Gasteiger partial charge on any atom is 0.212 e. The molecule has 4 nitrogen and oxygen atoms in total. The molecule has 0 aliphatic rings. The molecule has 0 unspecified atom stereocenters. The predicted molar refractivity (Wildman–Crippen MR) is 89.0 cm³/mol. The fraction of sp³-hybridized carbons (Fsp3) is 0.176. The van der Waals surface area contributed by atoms with E-state index in [0.717, 1.165) is 16.5 Å². The number of aryl methyl sites for hydroxylation is 1. The molecule has 0 saturated carbocycles. The highest BCUT2D eigenvalue weighted by Crippen LogP contribution is 2.17. The number of fused-ring (bicyclic) bond motifs is 1. The van der Waals surface area contributed by atoms with Crippen molar-refractivity contribution in [3.63, 3.8) is 0 Å². The van der Waals surface area contributed by atoms with Crippen LogP contribution in [0.5, 0.6) is 0 Å². The zero-order valence-corrected chi connectivity index (χ0v) is 13.2. The summed E-state index contributed by atoms with van der Waals surface area (Å²) < 4.78 is 40.3. The van der Waals surface area contributed by atoms with Gasteiger partial charge in [-0.2, -0.15) is 0 Å². The van der Waals surface area contributed by atoms with Crippen LogP contribution in [0.1, 0.15) is 11.1 Å². The summed E-state index contributed by atoms with van der Waals surface area (Å²) >= 11 is 0. The third kappa shape index (κ3) is 3.78. The molecular weight excluding hydrogens is 315 g/mol. The summed E-state index contributed by atoms with van der Waals surface area (Å²) in [5, 5.41) is 0.990. The summed E-state index contributed by atoms with van der Waals surface area (Å²) in [5.41, 5.74) is 2.26. The van der Waals surface area contributed by atoms with Crippen LogP contribution >= 0.6 is 0 Å². The molecule has 0 amide bonds. The van der Waals surface area contributed by atoms with Crippen LogP contribution < -0.4 is 4.72 Å². The summed E-state index contributed by atoms with van der Waals surface area (Å²) in [6.45, 7) is 0.212. The van der Waals surface area contributed by atoms with Gasteiger partial charge in [0.25, 0.3) is 0 Å². The molecule has 2 N–H and O–H groups in total. The molecular formula is C17H17FN2O2S. The lowest BCUT2D eigenvalue weighted by Gasteiger charge is -2.07. The molecule has 0 fully saturated rings. The molecule has 6 heteroatoms. The second kappa shape index (κ2) is 6.52. The van der Waals surface area contributed by atoms with Gasteiger partial charge in [0.1, 0.15) is 5.82 Å². The van der Waals surface area contributed by atoms with E-state index in [0.29, 0.717) is 5.56 Å². The van der Waals surface area contributed by atoms with Crippen LogP contribution in [-0.4, -0.2) is 19.2 Å². The number of rotatable bonds is 6. The van der Waals surface area contributed by atoms with E-state index in [1.165, 1.54) is 6.07 Å². The molecule has 0 bridgehead atoms. The number of aromatic nitrogens is 1. The number of aromatic amines is 1. The SMILES string of the molecule is O=S(=O)(CCc1ccccc1F)NCc1c[nH]c2ccccc12. The normalized spacial score (nSPS) is 11.9. The number of halogens is 1. The van der Waals surface area contributed by atoms with Gasteiger partial charge in [0.15, 0.2) is 0 Å². The van der Waals surface area contributed by atoms with E-state index < -0.39 is 10.0 Å². The molecule has 0 aliphatic heterocycles. The van der Waals surface area contributed by atoms with Gasteiger partial charge in [-0.25, -0.2) is 17.5 Å². The number of nitrogens with one attached hydrogen (secondary N) is 2. The number of H-pyrrole nitrogens is 1. The first-order chi connectivity index (χ1) is 11.1. The Morgan fingerprint density at radius 2 is 1.74 bits per heavy atom. The largest absolute Gasteiger partial charge is 0.361 e. The second-order valence-corrected chi connectivity index (χ2v) is 7.27. The Bertz CT molecular complexity index is 919. The van der Waals surface area contributed by atoms with Crippen molar-refractivity contribution in [1.82, 2.24) is 9.71 Å². The van der Waals surface area contributed by atoms with Gasteiger partial charge in [-0.05, 0) is 29.7 Å². The Morgan fingerprint density at radius 3 is 2.57 bits per heavy atom. The molecule has 1 heterocycles. The van der Waals surface area contributed by atoms with E-state index in [4.69, 9.17) is 0 Å². The minimum atomic E-state index is -3.47. The minimum absolute atomic E-state index is 0.143. The zero-order chi connectivity index (χ0) is 16.3. The van der Waals surface area contributed by atoms with Gasteiger partial charge in [-0.1, -0.05) is 36.4 Å². The van der Waals surface area contributed by atoms with Crippen molar-refractivity contribution < 1.29 is 12.8 Å². The molecule has 23 heavy (non-hydrogen) atoms. The van der Waals surface area contributed by atoms with Crippen LogP contribution in [0.25, 0.3) is 10.9 Å². The van der Waals surface area contributed by atoms with E-state index in [9.17, 15) is 12.8 Å². The highest BCUT2D eigenvalue weighted by Gasteiger charge is 2.13. The standard InChI is InChI=1S/C17H17FN2O2S/c18-16-7-3-1-5-13(16)9-10-23(21,22)20-12-14-11-19-17-8-4-2-6-15(14)17/h1-8,11,19-20H,9-10,12H2. The van der Waals surface area contributed by atoms with Gasteiger partial charge in [-0.3, -0.25) is 0 Å². The van der Waals surface area contributed by atoms with E-state index in [1.54, 1.807) is 24.4 Å². The van der Waals surface area contributed by atoms with E-state index in [2.05, 4.69) is 9.71 Å². The Hall–Kier alpha value is -2.18. The van der Waals surface area contributed by atoms with Crippen molar-refractivity contribution >= 4 is 20.9 Å². The first-order valence-corrected chi connectivity index (χ1v) is 8.96. The van der Waals surface area contributed by atoms with Crippen LogP contribution in [-0.2, 0) is 23.0 Å². The van der Waals surface area contributed by atoms with Crippen LogP contribution in [0.2, 0.25) is 0 Å².